The Bertz CT molecular complexity index is 649. The summed E-state index contributed by atoms with van der Waals surface area (Å²) in [5.74, 6) is -2.67. The number of ether oxygens (including phenoxy) is 1. The minimum atomic E-state index is -1.24. The molecule has 2 N–H and O–H groups in total. The SMILES string of the molecule is COc1ccc(C(N)c2cc(F)c(F)cc2F)cc1Br. The molecule has 1 unspecified atom stereocenters. The average molecular weight is 346 g/mol. The zero-order valence-corrected chi connectivity index (χ0v) is 12.0. The van der Waals surface area contributed by atoms with E-state index in [9.17, 15) is 13.2 Å². The van der Waals surface area contributed by atoms with E-state index in [4.69, 9.17) is 10.5 Å². The molecule has 106 valence electrons. The molecule has 0 aliphatic heterocycles. The van der Waals surface area contributed by atoms with E-state index in [-0.39, 0.29) is 5.56 Å². The van der Waals surface area contributed by atoms with E-state index >= 15 is 0 Å². The van der Waals surface area contributed by atoms with E-state index in [1.807, 2.05) is 0 Å². The van der Waals surface area contributed by atoms with E-state index in [1.54, 1.807) is 18.2 Å². The highest BCUT2D eigenvalue weighted by Gasteiger charge is 2.18. The van der Waals surface area contributed by atoms with Gasteiger partial charge in [0.15, 0.2) is 11.6 Å². The summed E-state index contributed by atoms with van der Waals surface area (Å²) < 4.78 is 45.5. The van der Waals surface area contributed by atoms with Crippen LogP contribution in [0, 0.1) is 17.5 Å². The number of methoxy groups -OCH3 is 1. The van der Waals surface area contributed by atoms with Crippen molar-refractivity contribution in [2.24, 2.45) is 5.73 Å². The van der Waals surface area contributed by atoms with Crippen LogP contribution < -0.4 is 10.5 Å². The molecule has 2 nitrogen and oxygen atoms in total. The van der Waals surface area contributed by atoms with Crippen LogP contribution in [0.15, 0.2) is 34.8 Å². The van der Waals surface area contributed by atoms with Gasteiger partial charge in [0.2, 0.25) is 0 Å². The number of hydrogen-bond donors (Lipinski definition) is 1. The smallest absolute Gasteiger partial charge is 0.161 e. The Kier molecular flexibility index (Phi) is 4.35. The van der Waals surface area contributed by atoms with Crippen molar-refractivity contribution in [3.8, 4) is 5.75 Å². The van der Waals surface area contributed by atoms with Crippen LogP contribution in [0.25, 0.3) is 0 Å². The van der Waals surface area contributed by atoms with Crippen LogP contribution >= 0.6 is 15.9 Å². The minimum absolute atomic E-state index is 0.110. The fourth-order valence-electron chi connectivity index (χ4n) is 1.83. The van der Waals surface area contributed by atoms with Crippen LogP contribution in [-0.4, -0.2) is 7.11 Å². The van der Waals surface area contributed by atoms with Gasteiger partial charge in [0.05, 0.1) is 17.6 Å². The number of rotatable bonds is 3. The molecular formula is C14H11BrF3NO. The number of nitrogens with two attached hydrogens (primary N) is 1. The Balaban J connectivity index is 2.43. The predicted octanol–water partition coefficient (Wildman–Crippen LogP) is 3.92. The fraction of sp³-hybridized carbons (Fsp3) is 0.143. The summed E-state index contributed by atoms with van der Waals surface area (Å²) in [5.41, 5.74) is 6.34. The lowest BCUT2D eigenvalue weighted by Crippen LogP contribution is -2.14. The highest BCUT2D eigenvalue weighted by Crippen LogP contribution is 2.30. The van der Waals surface area contributed by atoms with E-state index in [0.717, 1.165) is 6.07 Å². The van der Waals surface area contributed by atoms with Crippen molar-refractivity contribution in [1.29, 1.82) is 0 Å². The van der Waals surface area contributed by atoms with Crippen LogP contribution in [0.1, 0.15) is 17.2 Å². The van der Waals surface area contributed by atoms with Gasteiger partial charge in [-0.3, -0.25) is 0 Å². The number of halogens is 4. The minimum Gasteiger partial charge on any atom is -0.496 e. The Morgan fingerprint density at radius 2 is 1.70 bits per heavy atom. The first-order valence-electron chi connectivity index (χ1n) is 5.67. The second kappa shape index (κ2) is 5.85. The fourth-order valence-corrected chi connectivity index (χ4v) is 2.39. The summed E-state index contributed by atoms with van der Waals surface area (Å²) in [6.07, 6.45) is 0. The maximum absolute atomic E-state index is 13.7. The molecule has 0 aromatic heterocycles. The van der Waals surface area contributed by atoms with Crippen molar-refractivity contribution in [2.45, 2.75) is 6.04 Å². The molecule has 0 fully saturated rings. The molecule has 1 atom stereocenters. The Morgan fingerprint density at radius 3 is 2.30 bits per heavy atom. The molecule has 0 amide bonds. The van der Waals surface area contributed by atoms with Gasteiger partial charge < -0.3 is 10.5 Å². The molecule has 0 heterocycles. The molecule has 2 aromatic rings. The second-order valence-electron chi connectivity index (χ2n) is 4.16. The normalized spacial score (nSPS) is 12.3. The van der Waals surface area contributed by atoms with E-state index in [1.165, 1.54) is 7.11 Å². The molecule has 0 saturated carbocycles. The van der Waals surface area contributed by atoms with Gasteiger partial charge in [-0.25, -0.2) is 13.2 Å². The summed E-state index contributed by atoms with van der Waals surface area (Å²) >= 11 is 3.28. The lowest BCUT2D eigenvalue weighted by atomic mass is 9.99. The maximum Gasteiger partial charge on any atom is 0.161 e. The average Bonchev–Trinajstić information content (AvgIpc) is 2.42. The van der Waals surface area contributed by atoms with Gasteiger partial charge in [0, 0.05) is 11.6 Å². The number of hydrogen-bond acceptors (Lipinski definition) is 2. The van der Waals surface area contributed by atoms with Crippen molar-refractivity contribution in [3.05, 3.63) is 63.4 Å². The van der Waals surface area contributed by atoms with Crippen LogP contribution in [0.4, 0.5) is 13.2 Å². The van der Waals surface area contributed by atoms with Crippen LogP contribution in [0.2, 0.25) is 0 Å². The van der Waals surface area contributed by atoms with Crippen molar-refractivity contribution in [3.63, 3.8) is 0 Å². The van der Waals surface area contributed by atoms with Gasteiger partial charge in [0.25, 0.3) is 0 Å². The van der Waals surface area contributed by atoms with Gasteiger partial charge in [-0.2, -0.15) is 0 Å². The van der Waals surface area contributed by atoms with E-state index in [2.05, 4.69) is 15.9 Å². The largest absolute Gasteiger partial charge is 0.496 e. The lowest BCUT2D eigenvalue weighted by Gasteiger charge is -2.15. The molecule has 2 aromatic carbocycles. The summed E-state index contributed by atoms with van der Waals surface area (Å²) in [6.45, 7) is 0. The molecule has 0 saturated heterocycles. The zero-order chi connectivity index (χ0) is 14.9. The summed E-state index contributed by atoms with van der Waals surface area (Å²) in [5, 5.41) is 0. The summed E-state index contributed by atoms with van der Waals surface area (Å²) in [7, 11) is 1.51. The highest BCUT2D eigenvalue weighted by molar-refractivity contribution is 9.10. The molecule has 6 heteroatoms. The van der Waals surface area contributed by atoms with Crippen molar-refractivity contribution >= 4 is 15.9 Å². The van der Waals surface area contributed by atoms with Gasteiger partial charge >= 0.3 is 0 Å². The third-order valence-corrected chi connectivity index (χ3v) is 3.53. The second-order valence-corrected chi connectivity index (χ2v) is 5.01. The molecule has 20 heavy (non-hydrogen) atoms. The first-order valence-corrected chi connectivity index (χ1v) is 6.46. The van der Waals surface area contributed by atoms with Gasteiger partial charge in [-0.15, -0.1) is 0 Å². The van der Waals surface area contributed by atoms with Gasteiger partial charge in [0.1, 0.15) is 11.6 Å². The van der Waals surface area contributed by atoms with Crippen LogP contribution in [-0.2, 0) is 0 Å². The Hall–Kier alpha value is -1.53. The first-order chi connectivity index (χ1) is 9.43. The lowest BCUT2D eigenvalue weighted by molar-refractivity contribution is 0.412. The van der Waals surface area contributed by atoms with E-state index in [0.29, 0.717) is 21.9 Å². The standard InChI is InChI=1S/C14H11BrF3NO/c1-20-13-3-2-7(4-9(13)15)14(19)8-5-11(17)12(18)6-10(8)16/h2-6,14H,19H2,1H3. The maximum atomic E-state index is 13.7. The third-order valence-electron chi connectivity index (χ3n) is 2.91. The van der Waals surface area contributed by atoms with Crippen LogP contribution in [0.3, 0.4) is 0 Å². The topological polar surface area (TPSA) is 35.2 Å². The molecular weight excluding hydrogens is 335 g/mol. The Labute approximate surface area is 122 Å². The molecule has 2 rings (SSSR count). The van der Waals surface area contributed by atoms with Gasteiger partial charge in [-0.05, 0) is 39.7 Å². The Morgan fingerprint density at radius 1 is 1.05 bits per heavy atom. The van der Waals surface area contributed by atoms with Gasteiger partial charge in [-0.1, -0.05) is 6.07 Å². The third kappa shape index (κ3) is 2.81. The van der Waals surface area contributed by atoms with Crippen LogP contribution in [0.5, 0.6) is 5.75 Å². The summed E-state index contributed by atoms with van der Waals surface area (Å²) in [6, 6.07) is 5.28. The molecule has 0 aliphatic rings. The highest BCUT2D eigenvalue weighted by atomic mass is 79.9. The van der Waals surface area contributed by atoms with Crippen molar-refractivity contribution < 1.29 is 17.9 Å². The summed E-state index contributed by atoms with van der Waals surface area (Å²) in [4.78, 5) is 0. The molecule has 0 radical (unpaired) electrons. The zero-order valence-electron chi connectivity index (χ0n) is 10.5. The predicted molar refractivity (Wildman–Crippen MR) is 73.0 cm³/mol. The monoisotopic (exact) mass is 345 g/mol. The number of benzene rings is 2. The molecule has 0 spiro atoms. The van der Waals surface area contributed by atoms with E-state index < -0.39 is 23.5 Å². The van der Waals surface area contributed by atoms with Crippen molar-refractivity contribution in [1.82, 2.24) is 0 Å². The molecule has 0 bridgehead atoms. The quantitative estimate of drug-likeness (QED) is 0.855. The first kappa shape index (κ1) is 14.9. The van der Waals surface area contributed by atoms with Crippen molar-refractivity contribution in [2.75, 3.05) is 7.11 Å². The molecule has 0 aliphatic carbocycles.